The second kappa shape index (κ2) is 4.94. The number of nitrogen functional groups attached to an aromatic ring is 1. The van der Waals surface area contributed by atoms with Crippen molar-refractivity contribution in [1.29, 1.82) is 0 Å². The van der Waals surface area contributed by atoms with E-state index in [0.717, 1.165) is 18.8 Å². The molecule has 0 bridgehead atoms. The van der Waals surface area contributed by atoms with Crippen LogP contribution < -0.4 is 10.6 Å². The predicted molar refractivity (Wildman–Crippen MR) is 82.2 cm³/mol. The molecule has 1 aliphatic heterocycles. The number of fused-ring (bicyclic) bond motifs is 1. The Kier molecular flexibility index (Phi) is 3.31. The lowest BCUT2D eigenvalue weighted by Gasteiger charge is -2.31. The summed E-state index contributed by atoms with van der Waals surface area (Å²) >= 11 is 5.32. The van der Waals surface area contributed by atoms with Gasteiger partial charge in [0.25, 0.3) is 0 Å². The number of nitrogens with two attached hydrogens (primary N) is 1. The Bertz CT molecular complexity index is 565. The molecule has 1 aliphatic rings. The third kappa shape index (κ3) is 2.40. The van der Waals surface area contributed by atoms with Crippen molar-refractivity contribution >= 4 is 38.6 Å². The minimum absolute atomic E-state index is 0.855. The molecule has 0 aliphatic carbocycles. The molecule has 0 radical (unpaired) electrons. The summed E-state index contributed by atoms with van der Waals surface area (Å²) in [6.07, 6.45) is 2.39. The van der Waals surface area contributed by atoms with E-state index in [-0.39, 0.29) is 0 Å². The molecule has 0 atom stereocenters. The van der Waals surface area contributed by atoms with Crippen LogP contribution in [0.5, 0.6) is 0 Å². The van der Waals surface area contributed by atoms with Gasteiger partial charge in [-0.2, -0.15) is 0 Å². The van der Waals surface area contributed by atoms with Gasteiger partial charge in [0.2, 0.25) is 0 Å². The molecule has 1 aromatic carbocycles. The lowest BCUT2D eigenvalue weighted by Crippen LogP contribution is -2.28. The van der Waals surface area contributed by atoms with Crippen molar-refractivity contribution in [2.45, 2.75) is 19.4 Å². The number of anilines is 2. The van der Waals surface area contributed by atoms with Crippen molar-refractivity contribution in [2.24, 2.45) is 0 Å². The minimum Gasteiger partial charge on any atom is -0.399 e. The second-order valence-corrected chi connectivity index (χ2v) is 7.17. The van der Waals surface area contributed by atoms with Crippen LogP contribution >= 0.6 is 27.3 Å². The van der Waals surface area contributed by atoms with Gasteiger partial charge in [0.1, 0.15) is 0 Å². The van der Waals surface area contributed by atoms with Gasteiger partial charge in [-0.1, -0.05) is 6.07 Å². The lowest BCUT2D eigenvalue weighted by atomic mass is 10.0. The van der Waals surface area contributed by atoms with E-state index < -0.39 is 0 Å². The van der Waals surface area contributed by atoms with Gasteiger partial charge in [0.15, 0.2) is 0 Å². The predicted octanol–water partition coefficient (Wildman–Crippen LogP) is 4.05. The largest absolute Gasteiger partial charge is 0.399 e. The van der Waals surface area contributed by atoms with Gasteiger partial charge < -0.3 is 10.6 Å². The Morgan fingerprint density at radius 3 is 2.94 bits per heavy atom. The fourth-order valence-electron chi connectivity index (χ4n) is 2.46. The summed E-state index contributed by atoms with van der Waals surface area (Å²) in [5, 5.41) is 0. The van der Waals surface area contributed by atoms with Crippen molar-refractivity contribution < 1.29 is 0 Å². The molecule has 4 heteroatoms. The van der Waals surface area contributed by atoms with Crippen LogP contribution in [0.3, 0.4) is 0 Å². The van der Waals surface area contributed by atoms with Crippen molar-refractivity contribution in [3.63, 3.8) is 0 Å². The minimum atomic E-state index is 0.855. The summed E-state index contributed by atoms with van der Waals surface area (Å²) in [7, 11) is 0. The van der Waals surface area contributed by atoms with E-state index >= 15 is 0 Å². The number of thiophene rings is 1. The zero-order valence-corrected chi connectivity index (χ0v) is 12.4. The van der Waals surface area contributed by atoms with Gasteiger partial charge in [-0.15, -0.1) is 11.3 Å². The molecule has 0 saturated carbocycles. The van der Waals surface area contributed by atoms with Crippen LogP contribution in [0.2, 0.25) is 0 Å². The van der Waals surface area contributed by atoms with Crippen LogP contribution in [0.15, 0.2) is 34.1 Å². The quantitative estimate of drug-likeness (QED) is 0.845. The van der Waals surface area contributed by atoms with E-state index in [1.165, 1.54) is 32.8 Å². The molecule has 0 fully saturated rings. The second-order valence-electron chi connectivity index (χ2n) is 4.62. The number of aryl methyl sites for hydroxylation is 1. The standard InChI is InChI=1S/C14H15BrN2S/c15-14-6-5-12(18-14)9-17-7-1-2-10-3-4-11(16)8-13(10)17/h3-6,8H,1-2,7,9,16H2. The van der Waals surface area contributed by atoms with Crippen molar-refractivity contribution in [3.05, 3.63) is 44.6 Å². The van der Waals surface area contributed by atoms with Crippen LogP contribution in [-0.4, -0.2) is 6.54 Å². The average molecular weight is 323 g/mol. The summed E-state index contributed by atoms with van der Waals surface area (Å²) in [5.41, 5.74) is 9.50. The molecule has 3 rings (SSSR count). The van der Waals surface area contributed by atoms with Crippen LogP contribution in [0.1, 0.15) is 16.9 Å². The van der Waals surface area contributed by atoms with Gasteiger partial charge in [-0.25, -0.2) is 0 Å². The first kappa shape index (κ1) is 12.1. The van der Waals surface area contributed by atoms with Crippen molar-refractivity contribution in [1.82, 2.24) is 0 Å². The zero-order valence-electron chi connectivity index (χ0n) is 10.0. The van der Waals surface area contributed by atoms with Crippen LogP contribution in [-0.2, 0) is 13.0 Å². The Morgan fingerprint density at radius 1 is 1.28 bits per heavy atom. The average Bonchev–Trinajstić information content (AvgIpc) is 2.76. The molecule has 1 aromatic heterocycles. The highest BCUT2D eigenvalue weighted by Crippen LogP contribution is 2.32. The fraction of sp³-hybridized carbons (Fsp3) is 0.286. The first-order valence-corrected chi connectivity index (χ1v) is 7.71. The Balaban J connectivity index is 1.88. The molecule has 0 saturated heterocycles. The molecule has 0 spiro atoms. The molecule has 2 N–H and O–H groups in total. The van der Waals surface area contributed by atoms with E-state index in [9.17, 15) is 0 Å². The lowest BCUT2D eigenvalue weighted by molar-refractivity contribution is 0.695. The maximum Gasteiger partial charge on any atom is 0.0702 e. The SMILES string of the molecule is Nc1ccc2c(c1)N(Cc1ccc(Br)s1)CCC2. The first-order valence-electron chi connectivity index (χ1n) is 6.10. The highest BCUT2D eigenvalue weighted by molar-refractivity contribution is 9.11. The van der Waals surface area contributed by atoms with E-state index in [4.69, 9.17) is 5.73 Å². The summed E-state index contributed by atoms with van der Waals surface area (Å²) in [6.45, 7) is 2.10. The molecular formula is C14H15BrN2S. The Labute approximate surface area is 120 Å². The summed E-state index contributed by atoms with van der Waals surface area (Å²) in [4.78, 5) is 3.82. The maximum absolute atomic E-state index is 5.91. The summed E-state index contributed by atoms with van der Waals surface area (Å²) in [5.74, 6) is 0. The topological polar surface area (TPSA) is 29.3 Å². The number of hydrogen-bond donors (Lipinski definition) is 1. The van der Waals surface area contributed by atoms with Gasteiger partial charge in [0, 0.05) is 22.8 Å². The number of nitrogens with zero attached hydrogens (tertiary/aromatic N) is 1. The van der Waals surface area contributed by atoms with Crippen LogP contribution in [0.25, 0.3) is 0 Å². The van der Waals surface area contributed by atoms with E-state index in [1.54, 1.807) is 11.3 Å². The van der Waals surface area contributed by atoms with Gasteiger partial charge >= 0.3 is 0 Å². The fourth-order valence-corrected chi connectivity index (χ4v) is 3.96. The third-order valence-corrected chi connectivity index (χ3v) is 4.91. The first-order chi connectivity index (χ1) is 8.72. The Morgan fingerprint density at radius 2 is 2.17 bits per heavy atom. The number of halogens is 1. The maximum atomic E-state index is 5.91. The van der Waals surface area contributed by atoms with E-state index in [1.807, 2.05) is 6.07 Å². The molecule has 94 valence electrons. The van der Waals surface area contributed by atoms with E-state index in [0.29, 0.717) is 0 Å². The molecule has 2 heterocycles. The zero-order chi connectivity index (χ0) is 12.5. The van der Waals surface area contributed by atoms with E-state index in [2.05, 4.69) is 45.1 Å². The summed E-state index contributed by atoms with van der Waals surface area (Å²) < 4.78 is 1.20. The number of benzene rings is 1. The van der Waals surface area contributed by atoms with Gasteiger partial charge in [-0.3, -0.25) is 0 Å². The molecule has 18 heavy (non-hydrogen) atoms. The summed E-state index contributed by atoms with van der Waals surface area (Å²) in [6, 6.07) is 10.6. The van der Waals surface area contributed by atoms with Gasteiger partial charge in [-0.05, 0) is 58.6 Å². The monoisotopic (exact) mass is 322 g/mol. The van der Waals surface area contributed by atoms with Crippen molar-refractivity contribution in [3.8, 4) is 0 Å². The molecule has 0 amide bonds. The normalized spacial score (nSPS) is 14.6. The van der Waals surface area contributed by atoms with Crippen LogP contribution in [0, 0.1) is 0 Å². The Hall–Kier alpha value is -1.000. The molecular weight excluding hydrogens is 308 g/mol. The van der Waals surface area contributed by atoms with Crippen LogP contribution in [0.4, 0.5) is 11.4 Å². The molecule has 2 aromatic rings. The number of hydrogen-bond acceptors (Lipinski definition) is 3. The molecule has 2 nitrogen and oxygen atoms in total. The number of rotatable bonds is 2. The highest BCUT2D eigenvalue weighted by atomic mass is 79.9. The third-order valence-electron chi connectivity index (χ3n) is 3.30. The smallest absolute Gasteiger partial charge is 0.0702 e. The van der Waals surface area contributed by atoms with Crippen molar-refractivity contribution in [2.75, 3.05) is 17.2 Å². The van der Waals surface area contributed by atoms with Gasteiger partial charge in [0.05, 0.1) is 10.3 Å². The highest BCUT2D eigenvalue weighted by Gasteiger charge is 2.17. The molecule has 0 unspecified atom stereocenters.